The van der Waals surface area contributed by atoms with Gasteiger partial charge in [-0.05, 0) is 109 Å². The summed E-state index contributed by atoms with van der Waals surface area (Å²) in [5.74, 6) is 1.95. The van der Waals surface area contributed by atoms with Crippen molar-refractivity contribution in [2.24, 2.45) is 4.99 Å². The van der Waals surface area contributed by atoms with Crippen molar-refractivity contribution in [3.8, 4) is 23.0 Å². The number of hydrogen-bond acceptors (Lipinski definition) is 8. The second-order valence-electron chi connectivity index (χ2n) is 15.1. The molecule has 4 heterocycles. The van der Waals surface area contributed by atoms with E-state index in [0.29, 0.717) is 39.8 Å². The smallest absolute Gasteiger partial charge is 0.261 e. The van der Waals surface area contributed by atoms with Gasteiger partial charge in [0, 0.05) is 53.4 Å². The third-order valence-corrected chi connectivity index (χ3v) is 11.1. The normalized spacial score (nSPS) is 17.6. The largest absolute Gasteiger partial charge is 0.493 e. The number of ether oxygens (including phenoxy) is 4. The highest BCUT2D eigenvalue weighted by molar-refractivity contribution is 6.15. The number of aliphatic imine (C=N–C) groups is 1. The van der Waals surface area contributed by atoms with Crippen molar-refractivity contribution in [3.05, 3.63) is 130 Å². The van der Waals surface area contributed by atoms with Crippen molar-refractivity contribution in [1.82, 2.24) is 0 Å². The number of benzene rings is 5. The first-order chi connectivity index (χ1) is 27.3. The number of aryl methyl sites for hydroxylation is 1. The number of carbonyl (C=O) groups excluding carboxylic acids is 2. The van der Waals surface area contributed by atoms with Crippen LogP contribution < -0.4 is 34.1 Å². The van der Waals surface area contributed by atoms with Gasteiger partial charge in [0.25, 0.3) is 11.8 Å². The summed E-state index contributed by atoms with van der Waals surface area (Å²) in [5, 5.41) is 3.52. The van der Waals surface area contributed by atoms with Crippen LogP contribution in [-0.2, 0) is 32.5 Å². The second kappa shape index (κ2) is 14.4. The Balaban J connectivity index is 0.950. The molecule has 0 aliphatic carbocycles. The quantitative estimate of drug-likeness (QED) is 0.153. The van der Waals surface area contributed by atoms with Gasteiger partial charge in [-0.1, -0.05) is 36.4 Å². The minimum absolute atomic E-state index is 0.00466. The van der Waals surface area contributed by atoms with Gasteiger partial charge in [-0.25, -0.2) is 0 Å². The molecule has 4 aliphatic rings. The number of methoxy groups -OCH3 is 2. The van der Waals surface area contributed by atoms with Gasteiger partial charge in [0.1, 0.15) is 13.2 Å². The minimum Gasteiger partial charge on any atom is -0.493 e. The lowest BCUT2D eigenvalue weighted by atomic mass is 9.99. The summed E-state index contributed by atoms with van der Waals surface area (Å²) in [7, 11) is 3.18. The lowest BCUT2D eigenvalue weighted by Gasteiger charge is -2.23. The van der Waals surface area contributed by atoms with Crippen molar-refractivity contribution in [3.63, 3.8) is 0 Å². The van der Waals surface area contributed by atoms with Crippen LogP contribution >= 0.6 is 0 Å². The summed E-state index contributed by atoms with van der Waals surface area (Å²) < 4.78 is 24.4. The van der Waals surface area contributed by atoms with Gasteiger partial charge < -0.3 is 29.2 Å². The lowest BCUT2D eigenvalue weighted by Crippen LogP contribution is -2.37. The molecule has 10 nitrogen and oxygen atoms in total. The van der Waals surface area contributed by atoms with Gasteiger partial charge in [0.2, 0.25) is 0 Å². The average Bonchev–Trinajstić information content (AvgIpc) is 3.69. The number of para-hydroxylation sites is 2. The van der Waals surface area contributed by atoms with E-state index in [9.17, 15) is 9.59 Å². The molecule has 9 rings (SSSR count). The van der Waals surface area contributed by atoms with Gasteiger partial charge in [-0.2, -0.15) is 0 Å². The maximum absolute atomic E-state index is 14.0. The summed E-state index contributed by atoms with van der Waals surface area (Å²) >= 11 is 0. The van der Waals surface area contributed by atoms with Crippen LogP contribution in [0.4, 0.5) is 22.7 Å². The van der Waals surface area contributed by atoms with Gasteiger partial charge in [-0.15, -0.1) is 0 Å². The van der Waals surface area contributed by atoms with Gasteiger partial charge in [-0.3, -0.25) is 19.5 Å². The Bertz CT molecular complexity index is 2410. The zero-order valence-electron chi connectivity index (χ0n) is 32.0. The maximum atomic E-state index is 14.0. The summed E-state index contributed by atoms with van der Waals surface area (Å²) in [6, 6.07) is 29.9. The topological polar surface area (TPSA) is 102 Å². The third kappa shape index (κ3) is 6.38. The predicted octanol–water partition coefficient (Wildman–Crippen LogP) is 8.49. The van der Waals surface area contributed by atoms with E-state index in [-0.39, 0.29) is 43.2 Å². The predicted molar refractivity (Wildman–Crippen MR) is 218 cm³/mol. The fourth-order valence-corrected chi connectivity index (χ4v) is 8.56. The van der Waals surface area contributed by atoms with Gasteiger partial charge >= 0.3 is 0 Å². The monoisotopic (exact) mass is 748 g/mol. The van der Waals surface area contributed by atoms with Crippen LogP contribution in [0.25, 0.3) is 0 Å². The van der Waals surface area contributed by atoms with Crippen LogP contribution in [0.1, 0.15) is 68.8 Å². The molecule has 2 atom stereocenters. The van der Waals surface area contributed by atoms with Gasteiger partial charge in [0.05, 0.1) is 31.5 Å². The van der Waals surface area contributed by atoms with Crippen LogP contribution in [0, 0.1) is 0 Å². The highest BCUT2D eigenvalue weighted by Gasteiger charge is 2.38. The van der Waals surface area contributed by atoms with Crippen LogP contribution in [0.5, 0.6) is 23.0 Å². The molecule has 0 aromatic heterocycles. The number of nitrogens with one attached hydrogen (secondary N) is 1. The standard InChI is InChI=1S/C46H44N4O6/c1-27(2)48-33-16-28(25-55-43-20-30-13-14-34-18-31-9-5-7-11-39(31)49(34)45(51)36(30)21-41(43)53-3)15-29(17-33)26-56-44-23-38-37(22-42(44)54-4)46(52)50-35(24-47-38)19-32-10-6-8-12-40(32)50/h5-12,15-17,20-24,27,34-35,48H,13-14,18-19,25-26H2,1-4H3/t34-,35+/m1/s1. The molecule has 0 bridgehead atoms. The highest BCUT2D eigenvalue weighted by Crippen LogP contribution is 2.43. The SMILES string of the molecule is COc1cc2c(cc1OCc1cc(COc3cc4c(cc3OC)C(=O)N3c5ccccc5C[C@H]3C=N4)cc(NC(C)C)c1)CC[C@@H]1Cc3ccccc3N1C2=O. The number of hydrogen-bond donors (Lipinski definition) is 1. The Morgan fingerprint density at radius 3 is 1.98 bits per heavy atom. The first-order valence-corrected chi connectivity index (χ1v) is 19.2. The van der Waals surface area contributed by atoms with Gasteiger partial charge in [0.15, 0.2) is 23.0 Å². The number of amides is 2. The third-order valence-electron chi connectivity index (χ3n) is 11.1. The van der Waals surface area contributed by atoms with Crippen molar-refractivity contribution < 1.29 is 28.5 Å². The molecule has 0 spiro atoms. The van der Waals surface area contributed by atoms with Crippen LogP contribution in [0.3, 0.4) is 0 Å². The number of carbonyl (C=O) groups is 2. The molecular formula is C46H44N4O6. The lowest BCUT2D eigenvalue weighted by molar-refractivity contribution is 0.0975. The van der Waals surface area contributed by atoms with E-state index >= 15 is 0 Å². The fourth-order valence-electron chi connectivity index (χ4n) is 8.56. The molecular weight excluding hydrogens is 705 g/mol. The van der Waals surface area contributed by atoms with Crippen LogP contribution in [-0.4, -0.2) is 50.4 Å². The van der Waals surface area contributed by atoms with Crippen molar-refractivity contribution in [1.29, 1.82) is 0 Å². The van der Waals surface area contributed by atoms with Crippen molar-refractivity contribution in [2.75, 3.05) is 29.3 Å². The van der Waals surface area contributed by atoms with E-state index in [1.165, 1.54) is 5.56 Å². The van der Waals surface area contributed by atoms with E-state index in [1.54, 1.807) is 26.4 Å². The fraction of sp³-hybridized carbons (Fsp3) is 0.283. The Hall–Kier alpha value is -6.29. The van der Waals surface area contributed by atoms with Crippen LogP contribution in [0.15, 0.2) is 96.0 Å². The van der Waals surface area contributed by atoms with E-state index in [2.05, 4.69) is 49.5 Å². The second-order valence-corrected chi connectivity index (χ2v) is 15.1. The first-order valence-electron chi connectivity index (χ1n) is 19.2. The number of nitrogens with zero attached hydrogens (tertiary/aromatic N) is 3. The number of fused-ring (bicyclic) bond motifs is 8. The average molecular weight is 749 g/mol. The number of rotatable bonds is 10. The minimum atomic E-state index is -0.149. The van der Waals surface area contributed by atoms with Crippen molar-refractivity contribution in [2.45, 2.75) is 70.9 Å². The number of anilines is 3. The summed E-state index contributed by atoms with van der Waals surface area (Å²) in [4.78, 5) is 36.4. The Kier molecular flexibility index (Phi) is 9.11. The maximum Gasteiger partial charge on any atom is 0.261 e. The first kappa shape index (κ1) is 35.4. The zero-order chi connectivity index (χ0) is 38.5. The molecule has 0 fully saturated rings. The molecule has 10 heteroatoms. The molecule has 0 saturated heterocycles. The highest BCUT2D eigenvalue weighted by atomic mass is 16.5. The molecule has 5 aromatic rings. The molecule has 0 unspecified atom stereocenters. The van der Waals surface area contributed by atoms with Crippen molar-refractivity contribution >= 4 is 40.8 Å². The van der Waals surface area contributed by atoms with E-state index in [4.69, 9.17) is 23.9 Å². The Morgan fingerprint density at radius 1 is 0.696 bits per heavy atom. The molecule has 0 radical (unpaired) electrons. The molecule has 2 amide bonds. The molecule has 0 saturated carbocycles. The summed E-state index contributed by atoms with van der Waals surface area (Å²) in [6.45, 7) is 4.69. The summed E-state index contributed by atoms with van der Waals surface area (Å²) in [5.41, 5.74) is 9.69. The Morgan fingerprint density at radius 2 is 1.30 bits per heavy atom. The molecule has 1 N–H and O–H groups in total. The summed E-state index contributed by atoms with van der Waals surface area (Å²) in [6.07, 6.45) is 5.08. The molecule has 284 valence electrons. The zero-order valence-corrected chi connectivity index (χ0v) is 32.0. The molecule has 56 heavy (non-hydrogen) atoms. The van der Waals surface area contributed by atoms with E-state index in [1.807, 2.05) is 64.5 Å². The molecule has 5 aromatic carbocycles. The Labute approximate surface area is 326 Å². The van der Waals surface area contributed by atoms with E-state index < -0.39 is 0 Å². The van der Waals surface area contributed by atoms with Crippen LogP contribution in [0.2, 0.25) is 0 Å². The van der Waals surface area contributed by atoms with E-state index in [0.717, 1.165) is 65.0 Å². The molecule has 4 aliphatic heterocycles.